The molecule has 1 aliphatic rings. The van der Waals surface area contributed by atoms with Crippen molar-refractivity contribution in [2.75, 3.05) is 7.05 Å². The summed E-state index contributed by atoms with van der Waals surface area (Å²) in [5, 5.41) is 3.22. The maximum Gasteiger partial charge on any atom is 0.136 e. The first-order chi connectivity index (χ1) is 8.15. The molecule has 1 nitrogen and oxygen atoms in total. The van der Waals surface area contributed by atoms with Crippen molar-refractivity contribution in [2.24, 2.45) is 0 Å². The Morgan fingerprint density at radius 2 is 1.94 bits per heavy atom. The normalized spacial score (nSPS) is 20.4. The molecule has 0 aliphatic heterocycles. The zero-order valence-corrected chi connectivity index (χ0v) is 10.8. The van der Waals surface area contributed by atoms with Crippen LogP contribution in [0.2, 0.25) is 0 Å². The summed E-state index contributed by atoms with van der Waals surface area (Å²) in [6.07, 6.45) is 4.33. The molecule has 0 aromatic heterocycles. The molecule has 1 aromatic rings. The zero-order chi connectivity index (χ0) is 12.3. The summed E-state index contributed by atoms with van der Waals surface area (Å²) in [6.45, 7) is 2.14. The molecule has 1 fully saturated rings. The third kappa shape index (κ3) is 2.68. The average molecular weight is 235 g/mol. The van der Waals surface area contributed by atoms with Gasteiger partial charge in [-0.1, -0.05) is 24.3 Å². The number of halogens is 1. The molecule has 1 unspecified atom stereocenters. The van der Waals surface area contributed by atoms with Crippen molar-refractivity contribution >= 4 is 0 Å². The summed E-state index contributed by atoms with van der Waals surface area (Å²) in [4.78, 5) is 0. The molecule has 1 saturated carbocycles. The van der Waals surface area contributed by atoms with Crippen LogP contribution in [0, 0.1) is 0 Å². The Balaban J connectivity index is 2.27. The fourth-order valence-corrected chi connectivity index (χ4v) is 2.77. The van der Waals surface area contributed by atoms with Crippen LogP contribution in [0.3, 0.4) is 0 Å². The minimum Gasteiger partial charge on any atom is -0.317 e. The first-order valence-corrected chi connectivity index (χ1v) is 6.60. The molecule has 0 saturated heterocycles. The summed E-state index contributed by atoms with van der Waals surface area (Å²) < 4.78 is 14.8. The lowest BCUT2D eigenvalue weighted by atomic mass is 9.88. The molecule has 0 amide bonds. The SMILES string of the molecule is CNC(C)Cc1ccccc1C1(F)CCCC1. The summed E-state index contributed by atoms with van der Waals surface area (Å²) >= 11 is 0. The Kier molecular flexibility index (Phi) is 3.82. The summed E-state index contributed by atoms with van der Waals surface area (Å²) in [5.41, 5.74) is 1.03. The van der Waals surface area contributed by atoms with E-state index in [4.69, 9.17) is 0 Å². The molecule has 1 aliphatic carbocycles. The lowest BCUT2D eigenvalue weighted by Crippen LogP contribution is -2.26. The van der Waals surface area contributed by atoms with Crippen LogP contribution in [0.5, 0.6) is 0 Å². The Labute approximate surface area is 103 Å². The second-order valence-electron chi connectivity index (χ2n) is 5.22. The maximum absolute atomic E-state index is 14.8. The quantitative estimate of drug-likeness (QED) is 0.841. The van der Waals surface area contributed by atoms with Crippen LogP contribution in [0.4, 0.5) is 4.39 Å². The van der Waals surface area contributed by atoms with Gasteiger partial charge < -0.3 is 5.32 Å². The molecule has 0 heterocycles. The van der Waals surface area contributed by atoms with Crippen molar-refractivity contribution in [1.82, 2.24) is 5.32 Å². The number of alkyl halides is 1. The van der Waals surface area contributed by atoms with E-state index in [1.807, 2.05) is 25.2 Å². The van der Waals surface area contributed by atoms with Crippen LogP contribution in [-0.4, -0.2) is 13.1 Å². The molecule has 94 valence electrons. The van der Waals surface area contributed by atoms with E-state index in [0.717, 1.165) is 24.8 Å². The molecular formula is C15H22FN. The highest BCUT2D eigenvalue weighted by Gasteiger charge is 2.36. The largest absolute Gasteiger partial charge is 0.317 e. The van der Waals surface area contributed by atoms with Gasteiger partial charge in [-0.2, -0.15) is 0 Å². The lowest BCUT2D eigenvalue weighted by molar-refractivity contribution is 0.173. The number of rotatable bonds is 4. The number of likely N-dealkylation sites (N-methyl/N-ethyl adjacent to an activating group) is 1. The number of nitrogens with one attached hydrogen (secondary N) is 1. The molecule has 1 aromatic carbocycles. The van der Waals surface area contributed by atoms with Crippen LogP contribution in [-0.2, 0) is 12.1 Å². The van der Waals surface area contributed by atoms with Gasteiger partial charge in [0.1, 0.15) is 5.67 Å². The number of benzene rings is 1. The first kappa shape index (κ1) is 12.6. The minimum absolute atomic E-state index is 0.390. The second-order valence-corrected chi connectivity index (χ2v) is 5.22. The molecule has 2 rings (SSSR count). The monoisotopic (exact) mass is 235 g/mol. The molecule has 17 heavy (non-hydrogen) atoms. The van der Waals surface area contributed by atoms with Crippen LogP contribution < -0.4 is 5.32 Å². The van der Waals surface area contributed by atoms with Crippen molar-refractivity contribution in [2.45, 2.75) is 50.7 Å². The van der Waals surface area contributed by atoms with Crippen molar-refractivity contribution in [1.29, 1.82) is 0 Å². The van der Waals surface area contributed by atoms with E-state index < -0.39 is 5.67 Å². The third-order valence-electron chi connectivity index (χ3n) is 3.92. The standard InChI is InChI=1S/C15H22FN/c1-12(17-2)11-13-7-3-4-8-14(13)15(16)9-5-6-10-15/h3-4,7-8,12,17H,5-6,9-11H2,1-2H3. The van der Waals surface area contributed by atoms with Crippen molar-refractivity contribution in [3.8, 4) is 0 Å². The van der Waals surface area contributed by atoms with E-state index in [0.29, 0.717) is 18.9 Å². The maximum atomic E-state index is 14.8. The van der Waals surface area contributed by atoms with Crippen LogP contribution >= 0.6 is 0 Å². The Morgan fingerprint density at radius 3 is 2.59 bits per heavy atom. The molecule has 2 heteroatoms. The van der Waals surface area contributed by atoms with Gasteiger partial charge in [0.15, 0.2) is 0 Å². The molecule has 1 atom stereocenters. The smallest absolute Gasteiger partial charge is 0.136 e. The molecular weight excluding hydrogens is 213 g/mol. The van der Waals surface area contributed by atoms with Crippen LogP contribution in [0.25, 0.3) is 0 Å². The number of hydrogen-bond donors (Lipinski definition) is 1. The van der Waals surface area contributed by atoms with Gasteiger partial charge in [-0.3, -0.25) is 0 Å². The fraction of sp³-hybridized carbons (Fsp3) is 0.600. The highest BCUT2D eigenvalue weighted by Crippen LogP contribution is 2.43. The van der Waals surface area contributed by atoms with E-state index in [1.165, 1.54) is 5.56 Å². The van der Waals surface area contributed by atoms with Crippen molar-refractivity contribution < 1.29 is 4.39 Å². The van der Waals surface area contributed by atoms with Gasteiger partial charge in [0, 0.05) is 6.04 Å². The van der Waals surface area contributed by atoms with E-state index in [-0.39, 0.29) is 0 Å². The Morgan fingerprint density at radius 1 is 1.29 bits per heavy atom. The van der Waals surface area contributed by atoms with Gasteiger partial charge >= 0.3 is 0 Å². The molecule has 0 spiro atoms. The van der Waals surface area contributed by atoms with Gasteiger partial charge in [0.2, 0.25) is 0 Å². The van der Waals surface area contributed by atoms with E-state index in [1.54, 1.807) is 0 Å². The predicted molar refractivity (Wildman–Crippen MR) is 69.9 cm³/mol. The highest BCUT2D eigenvalue weighted by atomic mass is 19.1. The predicted octanol–water partition coefficient (Wildman–Crippen LogP) is 3.58. The second kappa shape index (κ2) is 5.18. The minimum atomic E-state index is -1.07. The van der Waals surface area contributed by atoms with Gasteiger partial charge in [0.05, 0.1) is 0 Å². The highest BCUT2D eigenvalue weighted by molar-refractivity contribution is 5.33. The van der Waals surface area contributed by atoms with E-state index in [2.05, 4.69) is 18.3 Å². The van der Waals surface area contributed by atoms with Gasteiger partial charge in [-0.25, -0.2) is 4.39 Å². The fourth-order valence-electron chi connectivity index (χ4n) is 2.77. The van der Waals surface area contributed by atoms with Crippen molar-refractivity contribution in [3.63, 3.8) is 0 Å². The average Bonchev–Trinajstić information content (AvgIpc) is 2.78. The van der Waals surface area contributed by atoms with Crippen molar-refractivity contribution in [3.05, 3.63) is 35.4 Å². The van der Waals surface area contributed by atoms with E-state index in [9.17, 15) is 4.39 Å². The van der Waals surface area contributed by atoms with E-state index >= 15 is 0 Å². The van der Waals surface area contributed by atoms with Gasteiger partial charge in [-0.05, 0) is 57.2 Å². The summed E-state index contributed by atoms with van der Waals surface area (Å²) in [6, 6.07) is 8.41. The number of hydrogen-bond acceptors (Lipinski definition) is 1. The molecule has 0 bridgehead atoms. The summed E-state index contributed by atoms with van der Waals surface area (Å²) in [7, 11) is 1.95. The molecule has 0 radical (unpaired) electrons. The Hall–Kier alpha value is -0.890. The molecule has 1 N–H and O–H groups in total. The Bertz CT molecular complexity index is 369. The van der Waals surface area contributed by atoms with Gasteiger partial charge in [-0.15, -0.1) is 0 Å². The van der Waals surface area contributed by atoms with Crippen LogP contribution in [0.1, 0.15) is 43.7 Å². The van der Waals surface area contributed by atoms with Crippen LogP contribution in [0.15, 0.2) is 24.3 Å². The summed E-state index contributed by atoms with van der Waals surface area (Å²) in [5.74, 6) is 0. The van der Waals surface area contributed by atoms with Gasteiger partial charge in [0.25, 0.3) is 0 Å². The zero-order valence-electron chi connectivity index (χ0n) is 10.8. The third-order valence-corrected chi connectivity index (χ3v) is 3.92. The lowest BCUT2D eigenvalue weighted by Gasteiger charge is -2.24. The topological polar surface area (TPSA) is 12.0 Å². The first-order valence-electron chi connectivity index (χ1n) is 6.60.